The highest BCUT2D eigenvalue weighted by atomic mass is 16.4. The maximum Gasteiger partial charge on any atom is 0.328 e. The number of rotatable bonds is 8. The van der Waals surface area contributed by atoms with Crippen LogP contribution in [0.5, 0.6) is 0 Å². The topological polar surface area (TPSA) is 89.9 Å². The first kappa shape index (κ1) is 27.3. The van der Waals surface area contributed by atoms with Crippen molar-refractivity contribution in [2.45, 2.75) is 52.6 Å². The fourth-order valence-corrected chi connectivity index (χ4v) is 3.96. The molecule has 34 heavy (non-hydrogen) atoms. The van der Waals surface area contributed by atoms with Gasteiger partial charge in [-0.1, -0.05) is 75.4 Å². The summed E-state index contributed by atoms with van der Waals surface area (Å²) < 4.78 is 0. The smallest absolute Gasteiger partial charge is 0.328 e. The molecule has 0 saturated carbocycles. The average molecular weight is 467 g/mol. The van der Waals surface area contributed by atoms with E-state index in [0.717, 1.165) is 19.6 Å². The van der Waals surface area contributed by atoms with E-state index in [9.17, 15) is 9.59 Å². The fourth-order valence-electron chi connectivity index (χ4n) is 3.96. The SMILES string of the molecule is CC(C)(C)CCN(Cc1ccccc1-c1ccccc1)C1CCNCC1.O=C(O)C=CC(=O)O. The van der Waals surface area contributed by atoms with Crippen LogP contribution in [0.25, 0.3) is 11.1 Å². The molecule has 6 heteroatoms. The lowest BCUT2D eigenvalue weighted by Crippen LogP contribution is -2.43. The van der Waals surface area contributed by atoms with Gasteiger partial charge in [-0.2, -0.15) is 0 Å². The van der Waals surface area contributed by atoms with E-state index in [1.807, 2.05) is 0 Å². The largest absolute Gasteiger partial charge is 0.478 e. The van der Waals surface area contributed by atoms with Gasteiger partial charge >= 0.3 is 11.9 Å². The first-order chi connectivity index (χ1) is 16.2. The van der Waals surface area contributed by atoms with Gasteiger partial charge in [-0.05, 0) is 61.0 Å². The Labute approximate surface area is 203 Å². The lowest BCUT2D eigenvalue weighted by atomic mass is 9.91. The molecule has 0 amide bonds. The van der Waals surface area contributed by atoms with Crippen LogP contribution in [0, 0.1) is 5.41 Å². The highest BCUT2D eigenvalue weighted by molar-refractivity contribution is 5.89. The Kier molecular flexibility index (Phi) is 11.0. The van der Waals surface area contributed by atoms with Crippen molar-refractivity contribution < 1.29 is 19.8 Å². The van der Waals surface area contributed by atoms with Crippen molar-refractivity contribution in [3.05, 3.63) is 72.3 Å². The Morgan fingerprint density at radius 3 is 2.06 bits per heavy atom. The van der Waals surface area contributed by atoms with Crippen molar-refractivity contribution in [2.75, 3.05) is 19.6 Å². The highest BCUT2D eigenvalue weighted by Crippen LogP contribution is 2.28. The molecule has 0 radical (unpaired) electrons. The Bertz CT molecular complexity index is 913. The molecule has 1 aliphatic rings. The Morgan fingerprint density at radius 1 is 0.941 bits per heavy atom. The minimum absolute atomic E-state index is 0.379. The molecule has 1 saturated heterocycles. The number of aliphatic carboxylic acids is 2. The lowest BCUT2D eigenvalue weighted by Gasteiger charge is -2.36. The lowest BCUT2D eigenvalue weighted by molar-refractivity contribution is -0.134. The van der Waals surface area contributed by atoms with Gasteiger partial charge in [0, 0.05) is 24.7 Å². The molecule has 0 bridgehead atoms. The van der Waals surface area contributed by atoms with Crippen LogP contribution >= 0.6 is 0 Å². The van der Waals surface area contributed by atoms with E-state index in [-0.39, 0.29) is 0 Å². The van der Waals surface area contributed by atoms with Crippen molar-refractivity contribution in [3.8, 4) is 11.1 Å². The van der Waals surface area contributed by atoms with Crippen molar-refractivity contribution in [3.63, 3.8) is 0 Å². The second kappa shape index (κ2) is 13.7. The van der Waals surface area contributed by atoms with Crippen LogP contribution in [0.3, 0.4) is 0 Å². The van der Waals surface area contributed by atoms with Crippen molar-refractivity contribution in [1.29, 1.82) is 0 Å². The van der Waals surface area contributed by atoms with Crippen LogP contribution < -0.4 is 5.32 Å². The third-order valence-corrected chi connectivity index (χ3v) is 5.82. The monoisotopic (exact) mass is 466 g/mol. The number of piperidine rings is 1. The normalized spacial score (nSPS) is 14.6. The predicted molar refractivity (Wildman–Crippen MR) is 137 cm³/mol. The molecule has 0 atom stereocenters. The molecule has 6 nitrogen and oxygen atoms in total. The summed E-state index contributed by atoms with van der Waals surface area (Å²) in [5.41, 5.74) is 4.53. The van der Waals surface area contributed by atoms with E-state index in [2.05, 4.69) is 85.6 Å². The number of nitrogens with zero attached hydrogens (tertiary/aromatic N) is 1. The van der Waals surface area contributed by atoms with E-state index in [4.69, 9.17) is 10.2 Å². The Morgan fingerprint density at radius 2 is 1.50 bits per heavy atom. The van der Waals surface area contributed by atoms with Crippen LogP contribution in [0.2, 0.25) is 0 Å². The molecule has 0 aliphatic carbocycles. The van der Waals surface area contributed by atoms with Gasteiger partial charge in [0.25, 0.3) is 0 Å². The van der Waals surface area contributed by atoms with Crippen LogP contribution in [0.15, 0.2) is 66.7 Å². The zero-order valence-corrected chi connectivity index (χ0v) is 20.5. The van der Waals surface area contributed by atoms with Gasteiger partial charge in [0.1, 0.15) is 0 Å². The summed E-state index contributed by atoms with van der Waals surface area (Å²) in [4.78, 5) is 21.9. The molecule has 3 N–H and O–H groups in total. The second-order valence-electron chi connectivity index (χ2n) is 9.80. The first-order valence-corrected chi connectivity index (χ1v) is 11.9. The van der Waals surface area contributed by atoms with Crippen LogP contribution in [0.4, 0.5) is 0 Å². The van der Waals surface area contributed by atoms with Crippen molar-refractivity contribution in [2.24, 2.45) is 5.41 Å². The maximum atomic E-state index is 9.55. The van der Waals surface area contributed by atoms with Gasteiger partial charge in [-0.15, -0.1) is 0 Å². The average Bonchev–Trinajstić information content (AvgIpc) is 2.81. The minimum Gasteiger partial charge on any atom is -0.478 e. The molecule has 0 aromatic heterocycles. The summed E-state index contributed by atoms with van der Waals surface area (Å²) in [5, 5.41) is 19.1. The van der Waals surface area contributed by atoms with Gasteiger partial charge < -0.3 is 15.5 Å². The molecule has 0 spiro atoms. The molecule has 2 aromatic carbocycles. The molecule has 3 rings (SSSR count). The quantitative estimate of drug-likeness (QED) is 0.472. The van der Waals surface area contributed by atoms with Gasteiger partial charge in [-0.25, -0.2) is 9.59 Å². The number of nitrogens with one attached hydrogen (secondary N) is 1. The van der Waals surface area contributed by atoms with E-state index in [0.29, 0.717) is 23.6 Å². The number of carboxylic acid groups (broad SMARTS) is 2. The Balaban J connectivity index is 0.000000440. The highest BCUT2D eigenvalue weighted by Gasteiger charge is 2.23. The molecule has 1 heterocycles. The van der Waals surface area contributed by atoms with Gasteiger partial charge in [0.15, 0.2) is 0 Å². The third-order valence-electron chi connectivity index (χ3n) is 5.82. The summed E-state index contributed by atoms with van der Waals surface area (Å²) in [6.07, 6.45) is 4.88. The van der Waals surface area contributed by atoms with Crippen LogP contribution in [-0.4, -0.2) is 52.7 Å². The van der Waals surface area contributed by atoms with E-state index in [1.165, 1.54) is 42.5 Å². The van der Waals surface area contributed by atoms with Crippen molar-refractivity contribution in [1.82, 2.24) is 10.2 Å². The number of hydrogen-bond acceptors (Lipinski definition) is 4. The van der Waals surface area contributed by atoms with E-state index >= 15 is 0 Å². The van der Waals surface area contributed by atoms with Gasteiger partial charge in [0.05, 0.1) is 0 Å². The van der Waals surface area contributed by atoms with Crippen LogP contribution in [0.1, 0.15) is 45.6 Å². The molecule has 1 fully saturated rings. The molecule has 184 valence electrons. The molecular weight excluding hydrogens is 428 g/mol. The standard InChI is InChI=1S/C24H34N2.C4H4O4/c1-24(2,3)15-18-26(22-13-16-25-17-14-22)19-21-11-7-8-12-23(21)20-9-5-4-6-10-20;5-3(6)1-2-4(7)8/h4-12,22,25H,13-19H2,1-3H3;1-2H,(H,5,6)(H,7,8). The zero-order chi connectivity index (χ0) is 25.0. The molecule has 0 unspecified atom stereocenters. The van der Waals surface area contributed by atoms with Gasteiger partial charge in [0.2, 0.25) is 0 Å². The maximum absolute atomic E-state index is 9.55. The fraction of sp³-hybridized carbons (Fsp3) is 0.429. The van der Waals surface area contributed by atoms with E-state index in [1.54, 1.807) is 0 Å². The summed E-state index contributed by atoms with van der Waals surface area (Å²) >= 11 is 0. The second-order valence-corrected chi connectivity index (χ2v) is 9.80. The Hall–Kier alpha value is -2.96. The number of benzene rings is 2. The first-order valence-electron chi connectivity index (χ1n) is 11.9. The third kappa shape index (κ3) is 10.3. The number of carbonyl (C=O) groups is 2. The summed E-state index contributed by atoms with van der Waals surface area (Å²) in [6, 6.07) is 20.4. The predicted octanol–water partition coefficient (Wildman–Crippen LogP) is 5.06. The number of carboxylic acids is 2. The van der Waals surface area contributed by atoms with Gasteiger partial charge in [-0.3, -0.25) is 4.90 Å². The van der Waals surface area contributed by atoms with Crippen molar-refractivity contribution >= 4 is 11.9 Å². The summed E-state index contributed by atoms with van der Waals surface area (Å²) in [5.74, 6) is -2.51. The number of hydrogen-bond donors (Lipinski definition) is 3. The summed E-state index contributed by atoms with van der Waals surface area (Å²) in [6.45, 7) is 11.6. The van der Waals surface area contributed by atoms with Crippen LogP contribution in [-0.2, 0) is 16.1 Å². The minimum atomic E-state index is -1.26. The molecular formula is C28H38N2O4. The van der Waals surface area contributed by atoms with E-state index < -0.39 is 11.9 Å². The zero-order valence-electron chi connectivity index (χ0n) is 20.5. The summed E-state index contributed by atoms with van der Waals surface area (Å²) in [7, 11) is 0. The molecule has 2 aromatic rings. The molecule has 1 aliphatic heterocycles.